The molecule has 19 heavy (non-hydrogen) atoms. The zero-order chi connectivity index (χ0) is 13.6. The molecule has 3 aromatic rings. The van der Waals surface area contributed by atoms with Crippen LogP contribution in [-0.4, -0.2) is 24.4 Å². The normalized spacial score (nSPS) is 11.6. The summed E-state index contributed by atoms with van der Waals surface area (Å²) in [7, 11) is 0. The van der Waals surface area contributed by atoms with Gasteiger partial charge >= 0.3 is 0 Å². The zero-order valence-corrected chi connectivity index (χ0v) is 11.9. The first kappa shape index (κ1) is 12.4. The lowest BCUT2D eigenvalue weighted by Gasteiger charge is -2.04. The van der Waals surface area contributed by atoms with E-state index in [4.69, 9.17) is 23.2 Å². The van der Waals surface area contributed by atoms with Crippen LogP contribution in [-0.2, 0) is 0 Å². The van der Waals surface area contributed by atoms with Crippen molar-refractivity contribution in [2.45, 2.75) is 19.9 Å². The van der Waals surface area contributed by atoms with E-state index in [2.05, 4.69) is 29.0 Å². The van der Waals surface area contributed by atoms with Crippen LogP contribution in [0.25, 0.3) is 16.8 Å². The van der Waals surface area contributed by atoms with Gasteiger partial charge < -0.3 is 0 Å². The van der Waals surface area contributed by atoms with Crippen LogP contribution in [0.5, 0.6) is 0 Å². The molecule has 0 atom stereocenters. The Hall–Kier alpha value is -1.59. The average molecular weight is 296 g/mol. The Balaban J connectivity index is 2.15. The van der Waals surface area contributed by atoms with E-state index in [0.717, 1.165) is 11.1 Å². The highest BCUT2D eigenvalue weighted by molar-refractivity contribution is 6.34. The summed E-state index contributed by atoms with van der Waals surface area (Å²) in [5.74, 6) is 0. The van der Waals surface area contributed by atoms with Crippen LogP contribution in [0.4, 0.5) is 0 Å². The third-order valence-corrected chi connectivity index (χ3v) is 3.40. The van der Waals surface area contributed by atoms with E-state index in [9.17, 15) is 0 Å². The predicted octanol–water partition coefficient (Wildman–Crippen LogP) is 3.48. The summed E-state index contributed by atoms with van der Waals surface area (Å²) in [5.41, 5.74) is 2.23. The van der Waals surface area contributed by atoms with Gasteiger partial charge in [-0.15, -0.1) is 0 Å². The second-order valence-electron chi connectivity index (χ2n) is 4.51. The second kappa shape index (κ2) is 4.51. The van der Waals surface area contributed by atoms with Gasteiger partial charge in [-0.25, -0.2) is 9.50 Å². The van der Waals surface area contributed by atoms with Gasteiger partial charge in [-0.1, -0.05) is 23.2 Å². The Kier molecular flexibility index (Phi) is 2.95. The molecular weight excluding hydrogens is 285 g/mol. The van der Waals surface area contributed by atoms with Crippen LogP contribution in [0.15, 0.2) is 24.8 Å². The first-order valence-corrected chi connectivity index (χ1v) is 6.56. The molecule has 3 rings (SSSR count). The molecule has 0 aliphatic rings. The van der Waals surface area contributed by atoms with Crippen molar-refractivity contribution in [1.29, 1.82) is 0 Å². The Morgan fingerprint density at radius 2 is 1.89 bits per heavy atom. The SMILES string of the molecule is CC(C)n1cc(-c2cn3ncc(Cl)c3nc2Cl)cn1. The van der Waals surface area contributed by atoms with E-state index in [-0.39, 0.29) is 0 Å². The number of hydrogen-bond acceptors (Lipinski definition) is 3. The first-order chi connectivity index (χ1) is 9.06. The van der Waals surface area contributed by atoms with E-state index in [0.29, 0.717) is 21.9 Å². The lowest BCUT2D eigenvalue weighted by atomic mass is 10.2. The van der Waals surface area contributed by atoms with Crippen molar-refractivity contribution in [1.82, 2.24) is 24.4 Å². The van der Waals surface area contributed by atoms with Crippen LogP contribution >= 0.6 is 23.2 Å². The van der Waals surface area contributed by atoms with Crippen LogP contribution in [0.1, 0.15) is 19.9 Å². The van der Waals surface area contributed by atoms with Gasteiger partial charge in [-0.3, -0.25) is 4.68 Å². The molecular formula is C12H11Cl2N5. The molecule has 0 bridgehead atoms. The van der Waals surface area contributed by atoms with Gasteiger partial charge in [0.1, 0.15) is 10.2 Å². The maximum Gasteiger partial charge on any atom is 0.175 e. The van der Waals surface area contributed by atoms with Crippen LogP contribution in [0.2, 0.25) is 10.2 Å². The highest BCUT2D eigenvalue weighted by atomic mass is 35.5. The van der Waals surface area contributed by atoms with Crippen molar-refractivity contribution in [3.8, 4) is 11.1 Å². The molecule has 0 spiro atoms. The van der Waals surface area contributed by atoms with Gasteiger partial charge in [0, 0.05) is 29.6 Å². The predicted molar refractivity (Wildman–Crippen MR) is 74.6 cm³/mol. The molecule has 0 aliphatic carbocycles. The molecule has 0 radical (unpaired) electrons. The minimum absolute atomic E-state index is 0.295. The second-order valence-corrected chi connectivity index (χ2v) is 5.27. The van der Waals surface area contributed by atoms with Gasteiger partial charge in [0.2, 0.25) is 0 Å². The Labute approximate surface area is 119 Å². The number of hydrogen-bond donors (Lipinski definition) is 0. The molecule has 0 aliphatic heterocycles. The van der Waals surface area contributed by atoms with E-state index in [1.165, 1.54) is 0 Å². The molecule has 0 saturated heterocycles. The zero-order valence-electron chi connectivity index (χ0n) is 10.4. The minimum atomic E-state index is 0.295. The monoisotopic (exact) mass is 295 g/mol. The van der Waals surface area contributed by atoms with Gasteiger partial charge in [-0.05, 0) is 13.8 Å². The van der Waals surface area contributed by atoms with Crippen molar-refractivity contribution in [3.05, 3.63) is 35.0 Å². The molecule has 0 N–H and O–H groups in total. The van der Waals surface area contributed by atoms with Crippen LogP contribution < -0.4 is 0 Å². The lowest BCUT2D eigenvalue weighted by molar-refractivity contribution is 0.532. The summed E-state index contributed by atoms with van der Waals surface area (Å²) in [6, 6.07) is 0.295. The van der Waals surface area contributed by atoms with Gasteiger partial charge in [0.05, 0.1) is 12.4 Å². The quantitative estimate of drug-likeness (QED) is 0.680. The summed E-state index contributed by atoms with van der Waals surface area (Å²) in [5, 5.41) is 9.28. The molecule has 3 heterocycles. The van der Waals surface area contributed by atoms with E-state index >= 15 is 0 Å². The third kappa shape index (κ3) is 2.09. The average Bonchev–Trinajstić information content (AvgIpc) is 2.97. The largest absolute Gasteiger partial charge is 0.270 e. The van der Waals surface area contributed by atoms with Crippen molar-refractivity contribution in [2.75, 3.05) is 0 Å². The van der Waals surface area contributed by atoms with Crippen molar-refractivity contribution < 1.29 is 0 Å². The van der Waals surface area contributed by atoms with Gasteiger partial charge in [0.15, 0.2) is 5.65 Å². The van der Waals surface area contributed by atoms with Gasteiger partial charge in [-0.2, -0.15) is 10.2 Å². The standard InChI is InChI=1S/C12H11Cl2N5/c1-7(2)18-5-8(3-15-18)9-6-19-12(17-11(9)14)10(13)4-16-19/h3-7H,1-2H3. The highest BCUT2D eigenvalue weighted by Gasteiger charge is 2.12. The molecule has 98 valence electrons. The summed E-state index contributed by atoms with van der Waals surface area (Å²) in [6.07, 6.45) is 7.05. The summed E-state index contributed by atoms with van der Waals surface area (Å²) in [4.78, 5) is 4.26. The molecule has 0 aromatic carbocycles. The number of halogens is 2. The molecule has 0 fully saturated rings. The van der Waals surface area contributed by atoms with E-state index in [1.807, 2.05) is 10.9 Å². The van der Waals surface area contributed by atoms with Crippen molar-refractivity contribution >= 4 is 28.8 Å². The maximum absolute atomic E-state index is 6.21. The number of fused-ring (bicyclic) bond motifs is 1. The number of nitrogens with zero attached hydrogens (tertiary/aromatic N) is 5. The smallest absolute Gasteiger partial charge is 0.175 e. The molecule has 0 saturated carbocycles. The first-order valence-electron chi connectivity index (χ1n) is 5.80. The fourth-order valence-electron chi connectivity index (χ4n) is 1.82. The maximum atomic E-state index is 6.21. The fourth-order valence-corrected chi connectivity index (χ4v) is 2.23. The molecule has 3 aromatic heterocycles. The summed E-state index contributed by atoms with van der Waals surface area (Å²) >= 11 is 12.2. The summed E-state index contributed by atoms with van der Waals surface area (Å²) in [6.45, 7) is 4.13. The Morgan fingerprint density at radius 3 is 2.58 bits per heavy atom. The molecule has 0 amide bonds. The van der Waals surface area contributed by atoms with Crippen molar-refractivity contribution in [3.63, 3.8) is 0 Å². The van der Waals surface area contributed by atoms with Gasteiger partial charge in [0.25, 0.3) is 0 Å². The van der Waals surface area contributed by atoms with Crippen molar-refractivity contribution in [2.24, 2.45) is 0 Å². The minimum Gasteiger partial charge on any atom is -0.270 e. The third-order valence-electron chi connectivity index (χ3n) is 2.85. The van der Waals surface area contributed by atoms with E-state index in [1.54, 1.807) is 23.1 Å². The fraction of sp³-hybridized carbons (Fsp3) is 0.250. The van der Waals surface area contributed by atoms with Crippen LogP contribution in [0.3, 0.4) is 0 Å². The summed E-state index contributed by atoms with van der Waals surface area (Å²) < 4.78 is 3.47. The molecule has 7 heteroatoms. The number of rotatable bonds is 2. The van der Waals surface area contributed by atoms with E-state index < -0.39 is 0 Å². The topological polar surface area (TPSA) is 48.0 Å². The Morgan fingerprint density at radius 1 is 1.11 bits per heavy atom. The molecule has 0 unspecified atom stereocenters. The molecule has 5 nitrogen and oxygen atoms in total. The lowest BCUT2D eigenvalue weighted by Crippen LogP contribution is -1.99. The number of aromatic nitrogens is 5. The highest BCUT2D eigenvalue weighted by Crippen LogP contribution is 2.28. The Bertz CT molecular complexity index is 744. The van der Waals surface area contributed by atoms with Crippen LogP contribution in [0, 0.1) is 0 Å².